The fourth-order valence-corrected chi connectivity index (χ4v) is 6.81. The minimum absolute atomic E-state index is 0.210. The monoisotopic (exact) mass is 310 g/mol. The van der Waals surface area contributed by atoms with Crippen LogP contribution in [0.4, 0.5) is 0 Å². The fourth-order valence-electron chi connectivity index (χ4n) is 2.53. The molecule has 0 unspecified atom stereocenters. The highest BCUT2D eigenvalue weighted by molar-refractivity contribution is 8.30. The van der Waals surface area contributed by atoms with Crippen LogP contribution in [0.15, 0.2) is 0 Å². The first-order valence-corrected chi connectivity index (χ1v) is 12.5. The molecule has 0 aromatic carbocycles. The van der Waals surface area contributed by atoms with E-state index in [2.05, 4.69) is 87.7 Å². The highest BCUT2D eigenvalue weighted by Crippen LogP contribution is 2.50. The Labute approximate surface area is 126 Å². The SMILES string of the molecule is CC(C)(C)N(CN(C(C)(C)C)S(C)(C)C)S(C)(C)C. The second-order valence-electron chi connectivity index (χ2n) is 8.78. The van der Waals surface area contributed by atoms with Gasteiger partial charge in [-0.15, -0.1) is 0 Å². The summed E-state index contributed by atoms with van der Waals surface area (Å²) in [6.07, 6.45) is 14.4. The molecule has 2 nitrogen and oxygen atoms in total. The van der Waals surface area contributed by atoms with E-state index in [1.807, 2.05) is 0 Å². The van der Waals surface area contributed by atoms with Crippen molar-refractivity contribution in [3.8, 4) is 0 Å². The average molecular weight is 311 g/mol. The third-order valence-electron chi connectivity index (χ3n) is 3.08. The van der Waals surface area contributed by atoms with Gasteiger partial charge in [-0.2, -0.15) is 20.4 Å². The molecule has 19 heavy (non-hydrogen) atoms. The minimum Gasteiger partial charge on any atom is -0.248 e. The summed E-state index contributed by atoms with van der Waals surface area (Å²) in [5.74, 6) is 0. The van der Waals surface area contributed by atoms with E-state index >= 15 is 0 Å². The maximum atomic E-state index is 2.70. The van der Waals surface area contributed by atoms with Gasteiger partial charge < -0.3 is 0 Å². The van der Waals surface area contributed by atoms with Crippen LogP contribution in [-0.2, 0) is 0 Å². The summed E-state index contributed by atoms with van der Waals surface area (Å²) >= 11 is 0. The molecule has 120 valence electrons. The van der Waals surface area contributed by atoms with E-state index in [1.165, 1.54) is 0 Å². The summed E-state index contributed by atoms with van der Waals surface area (Å²) in [5, 5.41) is 0. The van der Waals surface area contributed by atoms with Gasteiger partial charge in [0.05, 0.1) is 6.67 Å². The van der Waals surface area contributed by atoms with E-state index in [0.29, 0.717) is 0 Å². The van der Waals surface area contributed by atoms with Gasteiger partial charge in [-0.25, -0.2) is 8.61 Å². The third-order valence-corrected chi connectivity index (χ3v) is 7.05. The molecule has 0 N–H and O–H groups in total. The summed E-state index contributed by atoms with van der Waals surface area (Å²) in [6, 6.07) is 0. The van der Waals surface area contributed by atoms with Crippen molar-refractivity contribution >= 4 is 20.4 Å². The quantitative estimate of drug-likeness (QED) is 0.712. The standard InChI is InChI=1S/C15H38N2S2/c1-14(2,3)16(18(7,8)9)13-17(15(4,5)6)19(10,11)12/h13H2,1-12H3. The maximum Gasteiger partial charge on any atom is 0.0684 e. The number of hydrogen-bond acceptors (Lipinski definition) is 2. The third kappa shape index (κ3) is 6.28. The first kappa shape index (κ1) is 19.6. The highest BCUT2D eigenvalue weighted by atomic mass is 32.3. The van der Waals surface area contributed by atoms with Crippen LogP contribution in [-0.4, -0.2) is 63.9 Å². The average Bonchev–Trinajstić information content (AvgIpc) is 1.91. The van der Waals surface area contributed by atoms with E-state index < -0.39 is 20.4 Å². The van der Waals surface area contributed by atoms with Gasteiger partial charge in [0.15, 0.2) is 0 Å². The molecule has 0 saturated heterocycles. The zero-order valence-corrected chi connectivity index (χ0v) is 17.1. The van der Waals surface area contributed by atoms with Crippen LogP contribution < -0.4 is 0 Å². The van der Waals surface area contributed by atoms with Crippen LogP contribution in [0.5, 0.6) is 0 Å². The van der Waals surface area contributed by atoms with Crippen LogP contribution in [0.2, 0.25) is 0 Å². The molecule has 0 heterocycles. The molecule has 0 aliphatic rings. The van der Waals surface area contributed by atoms with Gasteiger partial charge >= 0.3 is 0 Å². The molecule has 0 radical (unpaired) electrons. The first-order chi connectivity index (χ1) is 7.97. The lowest BCUT2D eigenvalue weighted by atomic mass is 10.1. The second kappa shape index (κ2) is 5.78. The number of nitrogens with zero attached hydrogens (tertiary/aromatic N) is 2. The number of rotatable bonds is 4. The molecule has 0 aliphatic carbocycles. The lowest BCUT2D eigenvalue weighted by Crippen LogP contribution is -2.53. The topological polar surface area (TPSA) is 6.48 Å². The van der Waals surface area contributed by atoms with Crippen LogP contribution in [0, 0.1) is 0 Å². The number of hydrogen-bond donors (Lipinski definition) is 0. The van der Waals surface area contributed by atoms with Crippen molar-refractivity contribution in [1.82, 2.24) is 8.61 Å². The van der Waals surface area contributed by atoms with Crippen LogP contribution in [0.25, 0.3) is 0 Å². The highest BCUT2D eigenvalue weighted by Gasteiger charge is 2.36. The Hall–Kier alpha value is 0.620. The van der Waals surface area contributed by atoms with Crippen molar-refractivity contribution in [2.45, 2.75) is 52.6 Å². The lowest BCUT2D eigenvalue weighted by molar-refractivity contribution is 0.150. The molecule has 0 aliphatic heterocycles. The van der Waals surface area contributed by atoms with Gasteiger partial charge in [0.2, 0.25) is 0 Å². The Kier molecular flexibility index (Phi) is 5.97. The smallest absolute Gasteiger partial charge is 0.0684 e. The molecule has 0 atom stereocenters. The summed E-state index contributed by atoms with van der Waals surface area (Å²) in [5.41, 5.74) is 0.420. The lowest BCUT2D eigenvalue weighted by Gasteiger charge is -2.56. The molecule has 0 bridgehead atoms. The van der Waals surface area contributed by atoms with Crippen molar-refractivity contribution < 1.29 is 0 Å². The molecule has 0 rings (SSSR count). The fraction of sp³-hybridized carbons (Fsp3) is 1.00. The normalized spacial score (nSPS) is 17.2. The molecule has 0 amide bonds. The Balaban J connectivity index is 5.43. The first-order valence-electron chi connectivity index (χ1n) is 6.89. The molecule has 0 aromatic rings. The van der Waals surface area contributed by atoms with Gasteiger partial charge in [0, 0.05) is 11.1 Å². The summed E-state index contributed by atoms with van der Waals surface area (Å²) in [7, 11) is -1.47. The van der Waals surface area contributed by atoms with E-state index in [0.717, 1.165) is 6.67 Å². The molecular weight excluding hydrogens is 272 g/mol. The van der Waals surface area contributed by atoms with Crippen molar-refractivity contribution in [3.05, 3.63) is 0 Å². The predicted octanol–water partition coefficient (Wildman–Crippen LogP) is 4.36. The largest absolute Gasteiger partial charge is 0.248 e. The Morgan fingerprint density at radius 2 is 0.789 bits per heavy atom. The summed E-state index contributed by atoms with van der Waals surface area (Å²) in [4.78, 5) is 0. The molecule has 0 fully saturated rings. The summed E-state index contributed by atoms with van der Waals surface area (Å²) in [6.45, 7) is 15.1. The predicted molar refractivity (Wildman–Crippen MR) is 98.8 cm³/mol. The second-order valence-corrected chi connectivity index (χ2v) is 16.8. The van der Waals surface area contributed by atoms with E-state index in [1.54, 1.807) is 0 Å². The van der Waals surface area contributed by atoms with E-state index in [4.69, 9.17) is 0 Å². The van der Waals surface area contributed by atoms with Gasteiger partial charge in [0.1, 0.15) is 0 Å². The Bertz CT molecular complexity index is 229. The van der Waals surface area contributed by atoms with Crippen molar-refractivity contribution in [3.63, 3.8) is 0 Å². The molecule has 0 saturated carbocycles. The molecule has 0 spiro atoms. The van der Waals surface area contributed by atoms with Crippen molar-refractivity contribution in [2.24, 2.45) is 0 Å². The minimum atomic E-state index is -0.733. The van der Waals surface area contributed by atoms with Gasteiger partial charge in [0.25, 0.3) is 0 Å². The maximum absolute atomic E-state index is 2.70. The Morgan fingerprint density at radius 3 is 0.895 bits per heavy atom. The zero-order valence-electron chi connectivity index (χ0n) is 15.4. The summed E-state index contributed by atoms with van der Waals surface area (Å²) < 4.78 is 5.40. The van der Waals surface area contributed by atoms with E-state index in [-0.39, 0.29) is 11.1 Å². The molecule has 4 heteroatoms. The van der Waals surface area contributed by atoms with Gasteiger partial charge in [-0.05, 0) is 79.1 Å². The van der Waals surface area contributed by atoms with Crippen molar-refractivity contribution in [1.29, 1.82) is 0 Å². The zero-order chi connectivity index (χ0) is 15.9. The Morgan fingerprint density at radius 1 is 0.579 bits per heavy atom. The van der Waals surface area contributed by atoms with Crippen LogP contribution >= 0.6 is 20.4 Å². The van der Waals surface area contributed by atoms with Gasteiger partial charge in [-0.1, -0.05) is 0 Å². The molecular formula is C15H38N2S2. The van der Waals surface area contributed by atoms with E-state index in [9.17, 15) is 0 Å². The van der Waals surface area contributed by atoms with Crippen molar-refractivity contribution in [2.75, 3.05) is 44.2 Å². The molecule has 0 aromatic heterocycles. The van der Waals surface area contributed by atoms with Gasteiger partial charge in [-0.3, -0.25) is 0 Å². The van der Waals surface area contributed by atoms with Crippen LogP contribution in [0.1, 0.15) is 41.5 Å². The van der Waals surface area contributed by atoms with Crippen LogP contribution in [0.3, 0.4) is 0 Å².